The number of aromatic nitrogens is 2. The smallest absolute Gasteiger partial charge is 0.245 e. The highest BCUT2D eigenvalue weighted by Crippen LogP contribution is 2.33. The largest absolute Gasteiger partial charge is 0.398 e. The molecule has 0 amide bonds. The zero-order valence-electron chi connectivity index (χ0n) is 10.8. The van der Waals surface area contributed by atoms with E-state index in [9.17, 15) is 8.42 Å². The van der Waals surface area contributed by atoms with Crippen LogP contribution in [-0.2, 0) is 9.84 Å². The van der Waals surface area contributed by atoms with Crippen LogP contribution in [0.15, 0.2) is 28.8 Å². The molecule has 7 heteroatoms. The summed E-state index contributed by atoms with van der Waals surface area (Å²) in [5.74, 6) is 0.685. The van der Waals surface area contributed by atoms with Crippen LogP contribution >= 0.6 is 0 Å². The van der Waals surface area contributed by atoms with Crippen molar-refractivity contribution in [1.82, 2.24) is 10.1 Å². The van der Waals surface area contributed by atoms with E-state index in [4.69, 9.17) is 10.3 Å². The highest BCUT2D eigenvalue weighted by molar-refractivity contribution is 7.91. The molecule has 6 nitrogen and oxygen atoms in total. The molecule has 0 radical (unpaired) electrons. The van der Waals surface area contributed by atoms with Crippen molar-refractivity contribution in [3.8, 4) is 11.4 Å². The van der Waals surface area contributed by atoms with Gasteiger partial charge in [0.2, 0.25) is 11.7 Å². The van der Waals surface area contributed by atoms with Gasteiger partial charge in [0.05, 0.1) is 5.75 Å². The molecule has 2 heterocycles. The van der Waals surface area contributed by atoms with Gasteiger partial charge in [0.1, 0.15) is 5.25 Å². The van der Waals surface area contributed by atoms with Gasteiger partial charge in [-0.3, -0.25) is 0 Å². The minimum Gasteiger partial charge on any atom is -0.398 e. The lowest BCUT2D eigenvalue weighted by Gasteiger charge is -2.18. The molecular formula is C13H15N3O3S. The second kappa shape index (κ2) is 4.90. The van der Waals surface area contributed by atoms with E-state index in [1.807, 2.05) is 12.1 Å². The summed E-state index contributed by atoms with van der Waals surface area (Å²) in [6.45, 7) is 0. The summed E-state index contributed by atoms with van der Waals surface area (Å²) < 4.78 is 29.2. The molecule has 1 aromatic heterocycles. The minimum absolute atomic E-state index is 0.169. The maximum Gasteiger partial charge on any atom is 0.245 e. The maximum atomic E-state index is 12.0. The normalized spacial score (nSPS) is 21.7. The van der Waals surface area contributed by atoms with Crippen LogP contribution in [0.5, 0.6) is 0 Å². The number of nitrogen functional groups attached to an aromatic ring is 1. The van der Waals surface area contributed by atoms with E-state index in [1.165, 1.54) is 0 Å². The molecule has 1 saturated heterocycles. The van der Waals surface area contributed by atoms with E-state index in [1.54, 1.807) is 12.1 Å². The van der Waals surface area contributed by atoms with Crippen molar-refractivity contribution >= 4 is 15.5 Å². The van der Waals surface area contributed by atoms with Crippen LogP contribution in [0.1, 0.15) is 30.4 Å². The number of anilines is 1. The molecule has 1 aliphatic rings. The number of sulfone groups is 1. The molecule has 106 valence electrons. The first-order chi connectivity index (χ1) is 9.58. The standard InChI is InChI=1S/C13H15N3O3S/c14-10-6-2-1-5-9(10)12-15-13(19-16-12)11-7-3-4-8-20(11,17)18/h1-2,5-6,11H,3-4,7-8,14H2. The summed E-state index contributed by atoms with van der Waals surface area (Å²) in [5, 5.41) is 3.18. The summed E-state index contributed by atoms with van der Waals surface area (Å²) in [5.41, 5.74) is 7.04. The first-order valence-electron chi connectivity index (χ1n) is 6.48. The van der Waals surface area contributed by atoms with Crippen molar-refractivity contribution in [1.29, 1.82) is 0 Å². The SMILES string of the molecule is Nc1ccccc1-c1noc(C2CCCCS2(=O)=O)n1. The van der Waals surface area contributed by atoms with Gasteiger partial charge in [0.15, 0.2) is 9.84 Å². The molecule has 2 N–H and O–H groups in total. The van der Waals surface area contributed by atoms with Crippen molar-refractivity contribution in [3.63, 3.8) is 0 Å². The molecule has 0 saturated carbocycles. The van der Waals surface area contributed by atoms with Crippen molar-refractivity contribution in [2.75, 3.05) is 11.5 Å². The molecule has 0 spiro atoms. The molecule has 0 aliphatic carbocycles. The molecular weight excluding hydrogens is 278 g/mol. The van der Waals surface area contributed by atoms with Crippen molar-refractivity contribution < 1.29 is 12.9 Å². The average Bonchev–Trinajstić information content (AvgIpc) is 2.88. The van der Waals surface area contributed by atoms with E-state index in [0.29, 0.717) is 29.9 Å². The topological polar surface area (TPSA) is 99.1 Å². The molecule has 2 aromatic rings. The Morgan fingerprint density at radius 2 is 2.05 bits per heavy atom. The van der Waals surface area contributed by atoms with Gasteiger partial charge < -0.3 is 10.3 Å². The van der Waals surface area contributed by atoms with Crippen LogP contribution in [0.2, 0.25) is 0 Å². The van der Waals surface area contributed by atoms with Crippen LogP contribution in [0, 0.1) is 0 Å². The monoisotopic (exact) mass is 293 g/mol. The Hall–Kier alpha value is -1.89. The molecule has 3 rings (SSSR count). The minimum atomic E-state index is -3.18. The van der Waals surface area contributed by atoms with Gasteiger partial charge in [-0.1, -0.05) is 23.7 Å². The average molecular weight is 293 g/mol. The Balaban J connectivity index is 1.97. The van der Waals surface area contributed by atoms with Gasteiger partial charge in [-0.2, -0.15) is 4.98 Å². The molecule has 1 aromatic carbocycles. The Morgan fingerprint density at radius 3 is 2.80 bits per heavy atom. The van der Waals surface area contributed by atoms with Gasteiger partial charge in [-0.05, 0) is 25.0 Å². The second-order valence-corrected chi connectivity index (χ2v) is 7.20. The van der Waals surface area contributed by atoms with E-state index in [0.717, 1.165) is 6.42 Å². The molecule has 0 bridgehead atoms. The maximum absolute atomic E-state index is 12.0. The fraction of sp³-hybridized carbons (Fsp3) is 0.385. The third-order valence-corrected chi connectivity index (χ3v) is 5.66. The zero-order chi connectivity index (χ0) is 14.2. The van der Waals surface area contributed by atoms with Gasteiger partial charge in [-0.15, -0.1) is 0 Å². The van der Waals surface area contributed by atoms with Gasteiger partial charge >= 0.3 is 0 Å². The molecule has 1 atom stereocenters. The first kappa shape index (κ1) is 13.1. The summed E-state index contributed by atoms with van der Waals surface area (Å²) in [4.78, 5) is 4.22. The fourth-order valence-corrected chi connectivity index (χ4v) is 4.23. The van der Waals surface area contributed by atoms with Gasteiger partial charge in [-0.25, -0.2) is 8.42 Å². The van der Waals surface area contributed by atoms with Crippen LogP contribution in [0.25, 0.3) is 11.4 Å². The number of nitrogens with two attached hydrogens (primary N) is 1. The van der Waals surface area contributed by atoms with E-state index in [2.05, 4.69) is 10.1 Å². The predicted octanol–water partition coefficient (Wildman–Crippen LogP) is 1.96. The second-order valence-electron chi connectivity index (χ2n) is 4.89. The van der Waals surface area contributed by atoms with Crippen LogP contribution in [-0.4, -0.2) is 24.3 Å². The Morgan fingerprint density at radius 1 is 1.25 bits per heavy atom. The van der Waals surface area contributed by atoms with Crippen molar-refractivity contribution in [3.05, 3.63) is 30.2 Å². The number of hydrogen-bond acceptors (Lipinski definition) is 6. The Labute approximate surface area is 116 Å². The number of nitrogens with zero attached hydrogens (tertiary/aromatic N) is 2. The van der Waals surface area contributed by atoms with Crippen LogP contribution in [0.3, 0.4) is 0 Å². The highest BCUT2D eigenvalue weighted by Gasteiger charge is 2.34. The Bertz CT molecular complexity index is 724. The van der Waals surface area contributed by atoms with E-state index >= 15 is 0 Å². The fourth-order valence-electron chi connectivity index (χ4n) is 2.41. The van der Waals surface area contributed by atoms with E-state index < -0.39 is 15.1 Å². The molecule has 1 fully saturated rings. The lowest BCUT2D eigenvalue weighted by atomic mass is 10.1. The predicted molar refractivity (Wildman–Crippen MR) is 74.5 cm³/mol. The highest BCUT2D eigenvalue weighted by atomic mass is 32.2. The first-order valence-corrected chi connectivity index (χ1v) is 8.19. The third kappa shape index (κ3) is 2.29. The summed E-state index contributed by atoms with van der Waals surface area (Å²) in [6.07, 6.45) is 2.09. The lowest BCUT2D eigenvalue weighted by Crippen LogP contribution is -2.21. The van der Waals surface area contributed by atoms with Gasteiger partial charge in [0.25, 0.3) is 0 Å². The summed E-state index contributed by atoms with van der Waals surface area (Å²) >= 11 is 0. The van der Waals surface area contributed by atoms with Crippen molar-refractivity contribution in [2.45, 2.75) is 24.5 Å². The van der Waals surface area contributed by atoms with Crippen molar-refractivity contribution in [2.24, 2.45) is 0 Å². The molecule has 1 unspecified atom stereocenters. The van der Waals surface area contributed by atoms with Crippen LogP contribution in [0.4, 0.5) is 5.69 Å². The third-order valence-electron chi connectivity index (χ3n) is 3.50. The number of benzene rings is 1. The molecule has 1 aliphatic heterocycles. The van der Waals surface area contributed by atoms with Crippen LogP contribution < -0.4 is 5.73 Å². The number of rotatable bonds is 2. The number of hydrogen-bond donors (Lipinski definition) is 1. The summed E-state index contributed by atoms with van der Waals surface area (Å²) in [7, 11) is -3.18. The lowest BCUT2D eigenvalue weighted by molar-refractivity contribution is 0.364. The van der Waals surface area contributed by atoms with E-state index in [-0.39, 0.29) is 11.6 Å². The Kier molecular flexibility index (Phi) is 3.21. The molecule has 20 heavy (non-hydrogen) atoms. The number of para-hydroxylation sites is 1. The van der Waals surface area contributed by atoms with Gasteiger partial charge in [0, 0.05) is 11.3 Å². The zero-order valence-corrected chi connectivity index (χ0v) is 11.6. The quantitative estimate of drug-likeness (QED) is 0.850. The summed E-state index contributed by atoms with van der Waals surface area (Å²) in [6, 6.07) is 7.15.